The minimum Gasteiger partial charge on any atom is -0.493 e. The van der Waals surface area contributed by atoms with Crippen LogP contribution in [0.4, 0.5) is 19.0 Å². The molecule has 0 aliphatic heterocycles. The molecule has 4 aromatic rings. The molecule has 0 aliphatic rings. The lowest BCUT2D eigenvalue weighted by atomic mass is 9.87. The Morgan fingerprint density at radius 2 is 1.85 bits per heavy atom. The van der Waals surface area contributed by atoms with E-state index < -0.39 is 18.1 Å². The highest BCUT2D eigenvalue weighted by Gasteiger charge is 2.38. The first-order valence-corrected chi connectivity index (χ1v) is 12.0. The maximum atomic E-state index is 11.6. The largest absolute Gasteiger partial charge is 0.493 e. The molecular formula is C28H28F3N3O5. The van der Waals surface area contributed by atoms with E-state index in [9.17, 15) is 23.1 Å². The highest BCUT2D eigenvalue weighted by molar-refractivity contribution is 5.86. The summed E-state index contributed by atoms with van der Waals surface area (Å²) in [4.78, 5) is 28.0. The minimum absolute atomic E-state index is 0.0396. The summed E-state index contributed by atoms with van der Waals surface area (Å²) in [7, 11) is 0. The van der Waals surface area contributed by atoms with E-state index in [1.165, 1.54) is 0 Å². The minimum atomic E-state index is -5.08. The van der Waals surface area contributed by atoms with Gasteiger partial charge >= 0.3 is 18.1 Å². The number of H-pyrrole nitrogens is 1. The predicted octanol–water partition coefficient (Wildman–Crippen LogP) is 5.99. The summed E-state index contributed by atoms with van der Waals surface area (Å²) in [6.45, 7) is 3.38. The number of halogens is 3. The number of anilines is 1. The first kappa shape index (κ1) is 29.0. The second-order valence-electron chi connectivity index (χ2n) is 8.66. The first-order chi connectivity index (χ1) is 18.5. The van der Waals surface area contributed by atoms with Crippen LogP contribution >= 0.6 is 0 Å². The fourth-order valence-corrected chi connectivity index (χ4v) is 3.92. The quantitative estimate of drug-likeness (QED) is 0.181. The Balaban J connectivity index is 0.000000532. The lowest BCUT2D eigenvalue weighted by Gasteiger charge is -2.16. The third kappa shape index (κ3) is 8.77. The molecule has 0 spiro atoms. The molecule has 0 saturated carbocycles. The van der Waals surface area contributed by atoms with Crippen molar-refractivity contribution in [3.8, 4) is 5.75 Å². The van der Waals surface area contributed by atoms with Crippen molar-refractivity contribution in [3.05, 3.63) is 89.7 Å². The van der Waals surface area contributed by atoms with Crippen LogP contribution in [0, 0.1) is 6.92 Å². The van der Waals surface area contributed by atoms with Gasteiger partial charge in [-0.25, -0.2) is 9.78 Å². The van der Waals surface area contributed by atoms with E-state index >= 15 is 0 Å². The molecule has 0 amide bonds. The number of pyridine rings is 1. The molecule has 4 N–H and O–H groups in total. The maximum Gasteiger partial charge on any atom is 0.490 e. The summed E-state index contributed by atoms with van der Waals surface area (Å²) in [5.74, 6) is -2.14. The average molecular weight is 544 g/mol. The van der Waals surface area contributed by atoms with Crippen molar-refractivity contribution in [1.82, 2.24) is 9.97 Å². The van der Waals surface area contributed by atoms with Crippen LogP contribution in [0.15, 0.2) is 73.1 Å². The van der Waals surface area contributed by atoms with Crippen molar-refractivity contribution in [1.29, 1.82) is 0 Å². The number of nitrogens with zero attached hydrogens (tertiary/aromatic N) is 1. The predicted molar refractivity (Wildman–Crippen MR) is 140 cm³/mol. The van der Waals surface area contributed by atoms with Gasteiger partial charge in [0.1, 0.15) is 11.6 Å². The number of alkyl halides is 3. The molecule has 11 heteroatoms. The molecule has 4 rings (SSSR count). The summed E-state index contributed by atoms with van der Waals surface area (Å²) >= 11 is 0. The van der Waals surface area contributed by atoms with Crippen LogP contribution in [0.1, 0.15) is 35.4 Å². The molecule has 206 valence electrons. The molecule has 0 radical (unpaired) electrons. The van der Waals surface area contributed by atoms with E-state index in [1.807, 2.05) is 67.7 Å². The second-order valence-corrected chi connectivity index (χ2v) is 8.66. The number of rotatable bonds is 10. The van der Waals surface area contributed by atoms with Crippen molar-refractivity contribution in [2.45, 2.75) is 31.9 Å². The number of nitrogens with one attached hydrogen (secondary N) is 2. The fourth-order valence-electron chi connectivity index (χ4n) is 3.92. The van der Waals surface area contributed by atoms with Gasteiger partial charge in [0.05, 0.1) is 13.0 Å². The van der Waals surface area contributed by atoms with Gasteiger partial charge in [0.25, 0.3) is 0 Å². The number of carbonyl (C=O) groups is 2. The SMILES string of the molecule is Cc1cccc(C(CC(=O)O)c2c[nH]c3cc(OCCCNc4ccccn4)ccc23)c1.O=C(O)C(F)(F)F. The van der Waals surface area contributed by atoms with Crippen LogP contribution < -0.4 is 10.1 Å². The zero-order valence-electron chi connectivity index (χ0n) is 21.0. The molecule has 0 saturated heterocycles. The highest BCUT2D eigenvalue weighted by atomic mass is 19.4. The zero-order chi connectivity index (χ0) is 28.4. The fraction of sp³-hybridized carbons (Fsp3) is 0.250. The van der Waals surface area contributed by atoms with Gasteiger partial charge in [-0.1, -0.05) is 35.9 Å². The standard InChI is InChI=1S/C26H27N3O3.C2HF3O2/c1-18-6-4-7-19(14-18)22(16-26(30)31)23-17-29-24-15-20(9-10-21(23)24)32-13-5-12-28-25-8-2-3-11-27-25;3-2(4,5)1(6)7/h2-4,6-11,14-15,17,22,29H,5,12-13,16H2,1H3,(H,27,28)(H,30,31);(H,6,7). The number of hydrogen-bond acceptors (Lipinski definition) is 5. The first-order valence-electron chi connectivity index (χ1n) is 12.0. The number of hydrogen-bond donors (Lipinski definition) is 4. The van der Waals surface area contributed by atoms with Crippen LogP contribution in [0.5, 0.6) is 5.75 Å². The van der Waals surface area contributed by atoms with Crippen LogP contribution in [-0.4, -0.2) is 51.4 Å². The van der Waals surface area contributed by atoms with E-state index in [0.29, 0.717) is 6.61 Å². The lowest BCUT2D eigenvalue weighted by Crippen LogP contribution is -2.21. The molecule has 8 nitrogen and oxygen atoms in total. The van der Waals surface area contributed by atoms with E-state index in [2.05, 4.69) is 21.4 Å². The number of benzene rings is 2. The van der Waals surface area contributed by atoms with Gasteiger partial charge in [0.15, 0.2) is 0 Å². The number of carboxylic acid groups (broad SMARTS) is 2. The van der Waals surface area contributed by atoms with E-state index in [4.69, 9.17) is 14.6 Å². The summed E-state index contributed by atoms with van der Waals surface area (Å²) < 4.78 is 37.6. The van der Waals surface area contributed by atoms with Crippen LogP contribution in [0.2, 0.25) is 0 Å². The van der Waals surface area contributed by atoms with E-state index in [1.54, 1.807) is 6.20 Å². The number of fused-ring (bicyclic) bond motifs is 1. The van der Waals surface area contributed by atoms with Gasteiger partial charge in [-0.2, -0.15) is 13.2 Å². The number of aliphatic carboxylic acids is 2. The number of ether oxygens (including phenoxy) is 1. The summed E-state index contributed by atoms with van der Waals surface area (Å²) in [6, 6.07) is 19.7. The Morgan fingerprint density at radius 1 is 1.08 bits per heavy atom. The van der Waals surface area contributed by atoms with Crippen molar-refractivity contribution in [3.63, 3.8) is 0 Å². The summed E-state index contributed by atoms with van der Waals surface area (Å²) in [6.07, 6.45) is -0.517. The molecule has 2 aromatic heterocycles. The molecule has 1 unspecified atom stereocenters. The van der Waals surface area contributed by atoms with Gasteiger partial charge in [-0.15, -0.1) is 0 Å². The Labute approximate surface area is 222 Å². The summed E-state index contributed by atoms with van der Waals surface area (Å²) in [5.41, 5.74) is 4.05. The molecule has 2 heterocycles. The van der Waals surface area contributed by atoms with E-state index in [-0.39, 0.29) is 12.3 Å². The molecule has 0 aliphatic carbocycles. The van der Waals surface area contributed by atoms with E-state index in [0.717, 1.165) is 52.1 Å². The van der Waals surface area contributed by atoms with Crippen LogP contribution in [0.3, 0.4) is 0 Å². The Morgan fingerprint density at radius 3 is 2.49 bits per heavy atom. The number of carboxylic acids is 2. The van der Waals surface area contributed by atoms with Crippen molar-refractivity contribution in [2.24, 2.45) is 0 Å². The molecule has 0 bridgehead atoms. The van der Waals surface area contributed by atoms with Gasteiger partial charge in [-0.3, -0.25) is 4.79 Å². The Hall–Kier alpha value is -4.54. The molecule has 2 aromatic carbocycles. The van der Waals surface area contributed by atoms with Gasteiger partial charge in [0.2, 0.25) is 0 Å². The highest BCUT2D eigenvalue weighted by Crippen LogP contribution is 2.35. The number of aromatic nitrogens is 2. The van der Waals surface area contributed by atoms with Crippen molar-refractivity contribution < 1.29 is 37.7 Å². The molecule has 0 fully saturated rings. The van der Waals surface area contributed by atoms with Crippen LogP contribution in [-0.2, 0) is 9.59 Å². The molecule has 39 heavy (non-hydrogen) atoms. The normalized spacial score (nSPS) is 11.8. The van der Waals surface area contributed by atoms with Crippen molar-refractivity contribution in [2.75, 3.05) is 18.5 Å². The van der Waals surface area contributed by atoms with Crippen LogP contribution in [0.25, 0.3) is 10.9 Å². The number of aromatic amines is 1. The van der Waals surface area contributed by atoms with Crippen molar-refractivity contribution >= 4 is 28.7 Å². The average Bonchev–Trinajstić information content (AvgIpc) is 3.30. The number of aryl methyl sites for hydroxylation is 1. The van der Waals surface area contributed by atoms with Gasteiger partial charge in [-0.05, 0) is 48.7 Å². The molecule has 1 atom stereocenters. The molecular weight excluding hydrogens is 515 g/mol. The van der Waals surface area contributed by atoms with Gasteiger partial charge in [0, 0.05) is 41.8 Å². The smallest absolute Gasteiger partial charge is 0.490 e. The third-order valence-electron chi connectivity index (χ3n) is 5.69. The maximum absolute atomic E-state index is 11.6. The topological polar surface area (TPSA) is 125 Å². The lowest BCUT2D eigenvalue weighted by molar-refractivity contribution is -0.192. The Bertz CT molecular complexity index is 1390. The second kappa shape index (κ2) is 13.3. The van der Waals surface area contributed by atoms with Gasteiger partial charge < -0.3 is 25.3 Å². The Kier molecular flexibility index (Phi) is 9.91. The summed E-state index contributed by atoms with van der Waals surface area (Å²) in [5, 5.41) is 20.9. The zero-order valence-corrected chi connectivity index (χ0v) is 21.0. The third-order valence-corrected chi connectivity index (χ3v) is 5.69. The monoisotopic (exact) mass is 543 g/mol.